The summed E-state index contributed by atoms with van der Waals surface area (Å²) >= 11 is 0. The molecule has 174 valence electrons. The molecule has 1 heterocycles. The second kappa shape index (κ2) is 8.62. The van der Waals surface area contributed by atoms with Gasteiger partial charge in [-0.2, -0.15) is 0 Å². The third-order valence-corrected chi connectivity index (χ3v) is 6.83. The number of pyridine rings is 1. The molecule has 4 rings (SSSR count). The van der Waals surface area contributed by atoms with Gasteiger partial charge in [0.05, 0.1) is 0 Å². The molecule has 0 amide bonds. The Morgan fingerprint density at radius 1 is 1.00 bits per heavy atom. The first kappa shape index (κ1) is 23.5. The number of nitrogens with zero attached hydrogens (tertiary/aromatic N) is 1. The van der Waals surface area contributed by atoms with Crippen molar-refractivity contribution in [1.82, 2.24) is 4.98 Å². The lowest BCUT2D eigenvalue weighted by Crippen LogP contribution is -2.34. The fourth-order valence-corrected chi connectivity index (χ4v) is 4.75. The highest BCUT2D eigenvalue weighted by molar-refractivity contribution is 5.90. The zero-order chi connectivity index (χ0) is 24.7. The minimum atomic E-state index is -1.21. The molecule has 3 N–H and O–H groups in total. The maximum absolute atomic E-state index is 11.1. The van der Waals surface area contributed by atoms with Crippen LogP contribution in [0.1, 0.15) is 79.3 Å². The Labute approximate surface area is 200 Å². The van der Waals surface area contributed by atoms with Gasteiger partial charge in [0, 0.05) is 18.0 Å². The molecule has 1 aliphatic rings. The largest absolute Gasteiger partial charge is 0.507 e. The van der Waals surface area contributed by atoms with E-state index in [2.05, 4.69) is 50.6 Å². The van der Waals surface area contributed by atoms with Crippen molar-refractivity contribution in [2.75, 3.05) is 0 Å². The Morgan fingerprint density at radius 2 is 1.68 bits per heavy atom. The molecule has 1 atom stereocenters. The maximum atomic E-state index is 11.1. The number of carbonyl (C=O) groups is 1. The quantitative estimate of drug-likeness (QED) is 0.448. The first-order chi connectivity index (χ1) is 16.0. The molecule has 1 unspecified atom stereocenters. The number of rotatable bonds is 3. The standard InChI is InChI=1S/C29H29NO4/c1-28(2)11-12-29(3,4)26-22(19-9-13-30-14-10-19)16-20(17-23(26)28)24(31)8-6-18-5-7-21(27(33)34)25(32)15-18/h5,7,9-10,13-17,24,31-32H,11-12H2,1-4H3,(H,33,34). The summed E-state index contributed by atoms with van der Waals surface area (Å²) in [5.74, 6) is 4.16. The van der Waals surface area contributed by atoms with E-state index in [4.69, 9.17) is 5.11 Å². The number of carboxylic acid groups (broad SMARTS) is 1. The smallest absolute Gasteiger partial charge is 0.339 e. The van der Waals surface area contributed by atoms with Crippen LogP contribution in [0.15, 0.2) is 54.9 Å². The topological polar surface area (TPSA) is 90.7 Å². The summed E-state index contributed by atoms with van der Waals surface area (Å²) in [4.78, 5) is 15.3. The minimum Gasteiger partial charge on any atom is -0.507 e. The number of aromatic hydroxyl groups is 1. The van der Waals surface area contributed by atoms with Crippen molar-refractivity contribution in [3.8, 4) is 28.7 Å². The Kier molecular flexibility index (Phi) is 5.97. The number of hydrogen-bond donors (Lipinski definition) is 3. The number of aliphatic hydroxyl groups excluding tert-OH is 1. The molecule has 0 fully saturated rings. The molecule has 0 spiro atoms. The van der Waals surface area contributed by atoms with Crippen LogP contribution >= 0.6 is 0 Å². The van der Waals surface area contributed by atoms with Crippen LogP contribution in [0.3, 0.4) is 0 Å². The lowest BCUT2D eigenvalue weighted by Gasteiger charge is -2.43. The van der Waals surface area contributed by atoms with E-state index in [0.29, 0.717) is 11.1 Å². The molecular weight excluding hydrogens is 426 g/mol. The number of fused-ring (bicyclic) bond motifs is 1. The van der Waals surface area contributed by atoms with E-state index in [1.165, 1.54) is 29.3 Å². The highest BCUT2D eigenvalue weighted by Crippen LogP contribution is 2.50. The lowest BCUT2D eigenvalue weighted by atomic mass is 9.61. The first-order valence-corrected chi connectivity index (χ1v) is 11.3. The summed E-state index contributed by atoms with van der Waals surface area (Å²) in [6, 6.07) is 12.2. The van der Waals surface area contributed by atoms with Gasteiger partial charge in [-0.3, -0.25) is 4.98 Å². The van der Waals surface area contributed by atoms with Gasteiger partial charge in [0.1, 0.15) is 17.4 Å². The zero-order valence-electron chi connectivity index (χ0n) is 19.9. The van der Waals surface area contributed by atoms with Gasteiger partial charge in [-0.05, 0) is 87.9 Å². The second-order valence-electron chi connectivity index (χ2n) is 10.2. The van der Waals surface area contributed by atoms with E-state index >= 15 is 0 Å². The SMILES string of the molecule is CC1(C)CCC(C)(C)c2c(-c3ccncc3)cc(C(O)C#Cc3ccc(C(=O)O)c(O)c3)cc21. The van der Waals surface area contributed by atoms with Crippen LogP contribution in [0.4, 0.5) is 0 Å². The van der Waals surface area contributed by atoms with E-state index in [0.717, 1.165) is 24.0 Å². The minimum absolute atomic E-state index is 0.0119. The van der Waals surface area contributed by atoms with Crippen LogP contribution in [0.25, 0.3) is 11.1 Å². The molecule has 5 nitrogen and oxygen atoms in total. The average Bonchev–Trinajstić information content (AvgIpc) is 2.80. The van der Waals surface area contributed by atoms with Crippen molar-refractivity contribution >= 4 is 5.97 Å². The fourth-order valence-electron chi connectivity index (χ4n) is 4.75. The third-order valence-electron chi connectivity index (χ3n) is 6.83. The number of carboxylic acids is 1. The molecule has 2 aromatic carbocycles. The van der Waals surface area contributed by atoms with Crippen LogP contribution in [-0.2, 0) is 10.8 Å². The number of aliphatic hydroxyl groups is 1. The van der Waals surface area contributed by atoms with E-state index in [9.17, 15) is 15.0 Å². The van der Waals surface area contributed by atoms with Gasteiger partial charge < -0.3 is 15.3 Å². The van der Waals surface area contributed by atoms with Crippen LogP contribution in [0, 0.1) is 11.8 Å². The molecular formula is C29H29NO4. The van der Waals surface area contributed by atoms with Crippen LogP contribution in [-0.4, -0.2) is 26.3 Å². The van der Waals surface area contributed by atoms with Crippen molar-refractivity contribution in [3.63, 3.8) is 0 Å². The molecule has 0 aliphatic heterocycles. The first-order valence-electron chi connectivity index (χ1n) is 11.3. The van der Waals surface area contributed by atoms with Gasteiger partial charge in [-0.1, -0.05) is 45.6 Å². The van der Waals surface area contributed by atoms with Gasteiger partial charge in [0.15, 0.2) is 0 Å². The van der Waals surface area contributed by atoms with Gasteiger partial charge in [0.25, 0.3) is 0 Å². The molecule has 3 aromatic rings. The molecule has 0 radical (unpaired) electrons. The number of hydrogen-bond acceptors (Lipinski definition) is 4. The van der Waals surface area contributed by atoms with Crippen LogP contribution in [0.2, 0.25) is 0 Å². The predicted octanol–water partition coefficient (Wildman–Crippen LogP) is 5.59. The monoisotopic (exact) mass is 455 g/mol. The van der Waals surface area contributed by atoms with Crippen molar-refractivity contribution in [2.45, 2.75) is 57.5 Å². The summed E-state index contributed by atoms with van der Waals surface area (Å²) in [5.41, 5.74) is 5.53. The van der Waals surface area contributed by atoms with E-state index < -0.39 is 12.1 Å². The highest BCUT2D eigenvalue weighted by Gasteiger charge is 2.39. The Morgan fingerprint density at radius 3 is 2.32 bits per heavy atom. The van der Waals surface area contributed by atoms with Crippen LogP contribution in [0.5, 0.6) is 5.75 Å². The number of aromatic carboxylic acids is 1. The number of aromatic nitrogens is 1. The maximum Gasteiger partial charge on any atom is 0.339 e. The van der Waals surface area contributed by atoms with Gasteiger partial charge in [-0.25, -0.2) is 4.79 Å². The van der Waals surface area contributed by atoms with Crippen LogP contribution < -0.4 is 0 Å². The Hall–Kier alpha value is -3.62. The molecule has 34 heavy (non-hydrogen) atoms. The molecule has 1 aliphatic carbocycles. The normalized spacial score (nSPS) is 16.6. The summed E-state index contributed by atoms with van der Waals surface area (Å²) in [6.07, 6.45) is 4.62. The third kappa shape index (κ3) is 4.42. The van der Waals surface area contributed by atoms with Gasteiger partial charge in [-0.15, -0.1) is 0 Å². The van der Waals surface area contributed by atoms with Crippen molar-refractivity contribution in [2.24, 2.45) is 0 Å². The highest BCUT2D eigenvalue weighted by atomic mass is 16.4. The van der Waals surface area contributed by atoms with Gasteiger partial charge in [0.2, 0.25) is 0 Å². The summed E-state index contributed by atoms with van der Waals surface area (Å²) in [7, 11) is 0. The Bertz CT molecular complexity index is 1310. The summed E-state index contributed by atoms with van der Waals surface area (Å²) in [5, 5.41) is 30.0. The van der Waals surface area contributed by atoms with Crippen molar-refractivity contribution in [1.29, 1.82) is 0 Å². The number of phenols is 1. The zero-order valence-corrected chi connectivity index (χ0v) is 19.9. The van der Waals surface area contributed by atoms with E-state index in [1.807, 2.05) is 18.2 Å². The lowest BCUT2D eigenvalue weighted by molar-refractivity contribution is 0.0693. The van der Waals surface area contributed by atoms with Gasteiger partial charge >= 0.3 is 5.97 Å². The second-order valence-corrected chi connectivity index (χ2v) is 10.2. The molecule has 5 heteroatoms. The average molecular weight is 456 g/mol. The summed E-state index contributed by atoms with van der Waals surface area (Å²) < 4.78 is 0. The fraction of sp³-hybridized carbons (Fsp3) is 0.310. The molecule has 1 aromatic heterocycles. The molecule has 0 saturated carbocycles. The van der Waals surface area contributed by atoms with E-state index in [-0.39, 0.29) is 22.1 Å². The molecule has 0 bridgehead atoms. The number of benzene rings is 2. The van der Waals surface area contributed by atoms with Crippen molar-refractivity contribution < 1.29 is 20.1 Å². The molecule has 0 saturated heterocycles. The van der Waals surface area contributed by atoms with E-state index in [1.54, 1.807) is 12.4 Å². The predicted molar refractivity (Wildman–Crippen MR) is 132 cm³/mol. The Balaban J connectivity index is 1.82. The summed E-state index contributed by atoms with van der Waals surface area (Å²) in [6.45, 7) is 9.03. The van der Waals surface area contributed by atoms with Crippen molar-refractivity contribution in [3.05, 3.63) is 82.7 Å².